The zero-order chi connectivity index (χ0) is 20.4. The minimum Gasteiger partial charge on any atom is -0.382 e. The highest BCUT2D eigenvalue weighted by Gasteiger charge is 2.27. The highest BCUT2D eigenvalue weighted by atomic mass is 35.5. The zero-order valence-corrected chi connectivity index (χ0v) is 16.7. The highest BCUT2D eigenvalue weighted by molar-refractivity contribution is 6.30. The number of hydrogen-bond donors (Lipinski definition) is 3. The van der Waals surface area contributed by atoms with Crippen LogP contribution in [0.15, 0.2) is 59.4 Å². The molecule has 7 heteroatoms. The third-order valence-electron chi connectivity index (χ3n) is 5.40. The maximum absolute atomic E-state index is 12.7. The van der Waals surface area contributed by atoms with E-state index in [9.17, 15) is 9.59 Å². The molecule has 1 atom stereocenters. The van der Waals surface area contributed by atoms with Gasteiger partial charge in [-0.25, -0.2) is 0 Å². The molecule has 1 aromatic heterocycles. The summed E-state index contributed by atoms with van der Waals surface area (Å²) in [5.74, 6) is -0.0552. The number of amides is 1. The van der Waals surface area contributed by atoms with Gasteiger partial charge in [0.05, 0.1) is 0 Å². The van der Waals surface area contributed by atoms with Crippen molar-refractivity contribution in [3.63, 3.8) is 0 Å². The van der Waals surface area contributed by atoms with E-state index < -0.39 is 6.04 Å². The first-order chi connectivity index (χ1) is 14.0. The summed E-state index contributed by atoms with van der Waals surface area (Å²) >= 11 is 5.91. The van der Waals surface area contributed by atoms with Crippen LogP contribution in [0.2, 0.25) is 5.02 Å². The van der Waals surface area contributed by atoms with Gasteiger partial charge in [-0.05, 0) is 54.8 Å². The summed E-state index contributed by atoms with van der Waals surface area (Å²) in [6.45, 7) is 1.33. The van der Waals surface area contributed by atoms with Crippen molar-refractivity contribution in [3.8, 4) is 0 Å². The van der Waals surface area contributed by atoms with E-state index >= 15 is 0 Å². The normalized spacial score (nSPS) is 16.0. The number of likely N-dealkylation sites (tertiary alicyclic amines) is 1. The fraction of sp³-hybridized carbons (Fsp3) is 0.273. The van der Waals surface area contributed by atoms with Gasteiger partial charge < -0.3 is 20.9 Å². The average Bonchev–Trinajstić information content (AvgIpc) is 2.74. The first kappa shape index (κ1) is 19.5. The number of H-pyrrole nitrogens is 1. The standard InChI is InChI=1S/C22H23ClN4O2/c23-16-4-1-14(2-5-16)21(24)22(29)27-11-9-17(10-12-27)25-18-6-7-19-15(13-18)3-8-20(28)26-19/h1-8,13,17,21,25H,9-12,24H2,(H,26,28). The predicted molar refractivity (Wildman–Crippen MR) is 116 cm³/mol. The van der Waals surface area contributed by atoms with E-state index in [2.05, 4.69) is 10.3 Å². The quantitative estimate of drug-likeness (QED) is 0.615. The van der Waals surface area contributed by atoms with E-state index in [0.29, 0.717) is 18.1 Å². The number of aromatic amines is 1. The van der Waals surface area contributed by atoms with Crippen LogP contribution in [-0.2, 0) is 4.79 Å². The molecule has 2 aromatic carbocycles. The van der Waals surface area contributed by atoms with Crippen LogP contribution in [0.5, 0.6) is 0 Å². The van der Waals surface area contributed by atoms with Crippen LogP contribution >= 0.6 is 11.6 Å². The fourth-order valence-corrected chi connectivity index (χ4v) is 3.86. The third-order valence-corrected chi connectivity index (χ3v) is 5.65. The molecule has 4 N–H and O–H groups in total. The molecule has 3 aromatic rings. The molecule has 1 saturated heterocycles. The number of pyridine rings is 1. The topological polar surface area (TPSA) is 91.2 Å². The first-order valence-electron chi connectivity index (χ1n) is 9.69. The van der Waals surface area contributed by atoms with Gasteiger partial charge in [-0.2, -0.15) is 0 Å². The van der Waals surface area contributed by atoms with Gasteiger partial charge in [-0.15, -0.1) is 0 Å². The van der Waals surface area contributed by atoms with Gasteiger partial charge in [-0.1, -0.05) is 23.7 Å². The second-order valence-corrected chi connectivity index (χ2v) is 7.83. The number of rotatable bonds is 4. The number of hydrogen-bond acceptors (Lipinski definition) is 4. The van der Waals surface area contributed by atoms with Crippen molar-refractivity contribution in [2.24, 2.45) is 5.73 Å². The molecule has 1 fully saturated rings. The maximum atomic E-state index is 12.7. The Morgan fingerprint density at radius 1 is 1.10 bits per heavy atom. The molecular formula is C22H23ClN4O2. The Kier molecular flexibility index (Phi) is 5.56. The highest BCUT2D eigenvalue weighted by Crippen LogP contribution is 2.22. The molecule has 1 aliphatic heterocycles. The molecule has 1 amide bonds. The van der Waals surface area contributed by atoms with Crippen molar-refractivity contribution in [2.75, 3.05) is 18.4 Å². The van der Waals surface area contributed by atoms with Gasteiger partial charge in [-0.3, -0.25) is 9.59 Å². The second kappa shape index (κ2) is 8.27. The summed E-state index contributed by atoms with van der Waals surface area (Å²) in [6, 6.07) is 16.0. The van der Waals surface area contributed by atoms with Crippen LogP contribution in [0, 0.1) is 0 Å². The lowest BCUT2D eigenvalue weighted by Gasteiger charge is -2.34. The van der Waals surface area contributed by atoms with Crippen LogP contribution in [0.3, 0.4) is 0 Å². The Morgan fingerprint density at radius 2 is 1.83 bits per heavy atom. The Morgan fingerprint density at radius 3 is 2.55 bits per heavy atom. The molecule has 0 radical (unpaired) electrons. The van der Waals surface area contributed by atoms with E-state index in [1.165, 1.54) is 6.07 Å². The zero-order valence-electron chi connectivity index (χ0n) is 15.9. The number of benzene rings is 2. The largest absolute Gasteiger partial charge is 0.382 e. The van der Waals surface area contributed by atoms with Crippen LogP contribution in [0.25, 0.3) is 10.9 Å². The Balaban J connectivity index is 1.35. The van der Waals surface area contributed by atoms with Gasteiger partial charge in [0, 0.05) is 46.8 Å². The number of carbonyl (C=O) groups excluding carboxylic acids is 1. The van der Waals surface area contributed by atoms with Crippen molar-refractivity contribution in [1.29, 1.82) is 0 Å². The molecule has 2 heterocycles. The van der Waals surface area contributed by atoms with Crippen LogP contribution < -0.4 is 16.6 Å². The fourth-order valence-electron chi connectivity index (χ4n) is 3.73. The Bertz CT molecular complexity index is 1070. The van der Waals surface area contributed by atoms with Crippen LogP contribution in [-0.4, -0.2) is 34.9 Å². The summed E-state index contributed by atoms with van der Waals surface area (Å²) in [6.07, 6.45) is 1.70. The van der Waals surface area contributed by atoms with E-state index in [0.717, 1.165) is 35.0 Å². The molecule has 6 nitrogen and oxygen atoms in total. The number of aromatic nitrogens is 1. The molecule has 29 heavy (non-hydrogen) atoms. The van der Waals surface area contributed by atoms with E-state index in [4.69, 9.17) is 17.3 Å². The number of nitrogens with zero attached hydrogens (tertiary/aromatic N) is 1. The Hall–Kier alpha value is -2.83. The smallest absolute Gasteiger partial charge is 0.248 e. The van der Waals surface area contributed by atoms with Crippen LogP contribution in [0.1, 0.15) is 24.4 Å². The lowest BCUT2D eigenvalue weighted by molar-refractivity contribution is -0.133. The lowest BCUT2D eigenvalue weighted by Crippen LogP contribution is -2.45. The molecule has 1 aliphatic rings. The molecular weight excluding hydrogens is 388 g/mol. The molecule has 0 aliphatic carbocycles. The molecule has 150 valence electrons. The number of piperidine rings is 1. The number of nitrogens with one attached hydrogen (secondary N) is 2. The van der Waals surface area contributed by atoms with E-state index in [-0.39, 0.29) is 17.5 Å². The number of nitrogens with two attached hydrogens (primary N) is 1. The van der Waals surface area contributed by atoms with Crippen molar-refractivity contribution in [1.82, 2.24) is 9.88 Å². The molecule has 0 saturated carbocycles. The summed E-state index contributed by atoms with van der Waals surface area (Å²) in [4.78, 5) is 28.8. The van der Waals surface area contributed by atoms with Crippen LogP contribution in [0.4, 0.5) is 5.69 Å². The van der Waals surface area contributed by atoms with Crippen molar-refractivity contribution in [3.05, 3.63) is 75.5 Å². The molecule has 0 spiro atoms. The number of halogens is 1. The average molecular weight is 411 g/mol. The van der Waals surface area contributed by atoms with Gasteiger partial charge in [0.2, 0.25) is 11.5 Å². The van der Waals surface area contributed by atoms with Gasteiger partial charge in [0.15, 0.2) is 0 Å². The van der Waals surface area contributed by atoms with Gasteiger partial charge >= 0.3 is 0 Å². The predicted octanol–water partition coefficient (Wildman–Crippen LogP) is 3.28. The number of fused-ring (bicyclic) bond motifs is 1. The lowest BCUT2D eigenvalue weighted by atomic mass is 10.0. The third kappa shape index (κ3) is 4.44. The van der Waals surface area contributed by atoms with Gasteiger partial charge in [0.25, 0.3) is 0 Å². The van der Waals surface area contributed by atoms with Crippen molar-refractivity contribution >= 4 is 34.1 Å². The van der Waals surface area contributed by atoms with Crippen molar-refractivity contribution in [2.45, 2.75) is 24.9 Å². The summed E-state index contributed by atoms with van der Waals surface area (Å²) in [5.41, 5.74) is 8.66. The summed E-state index contributed by atoms with van der Waals surface area (Å²) in [7, 11) is 0. The van der Waals surface area contributed by atoms with E-state index in [1.54, 1.807) is 24.3 Å². The minimum absolute atomic E-state index is 0.0552. The minimum atomic E-state index is -0.667. The monoisotopic (exact) mass is 410 g/mol. The molecule has 1 unspecified atom stereocenters. The summed E-state index contributed by atoms with van der Waals surface area (Å²) < 4.78 is 0. The maximum Gasteiger partial charge on any atom is 0.248 e. The first-order valence-corrected chi connectivity index (χ1v) is 10.1. The molecule has 0 bridgehead atoms. The SMILES string of the molecule is NC(C(=O)N1CCC(Nc2ccc3[nH]c(=O)ccc3c2)CC1)c1ccc(Cl)cc1. The number of anilines is 1. The van der Waals surface area contributed by atoms with Crippen molar-refractivity contribution < 1.29 is 4.79 Å². The Labute approximate surface area is 173 Å². The van der Waals surface area contributed by atoms with Gasteiger partial charge in [0.1, 0.15) is 6.04 Å². The number of carbonyl (C=O) groups is 1. The second-order valence-electron chi connectivity index (χ2n) is 7.40. The summed E-state index contributed by atoms with van der Waals surface area (Å²) in [5, 5.41) is 5.15. The molecule has 4 rings (SSSR count). The van der Waals surface area contributed by atoms with E-state index in [1.807, 2.05) is 29.2 Å².